The van der Waals surface area contributed by atoms with Gasteiger partial charge in [-0.2, -0.15) is 5.26 Å². The number of hydrogen-bond donors (Lipinski definition) is 1. The lowest BCUT2D eigenvalue weighted by molar-refractivity contribution is 1.32. The Morgan fingerprint density at radius 3 is 2.60 bits per heavy atom. The highest BCUT2D eigenvalue weighted by Gasteiger charge is 2.11. The Labute approximate surface area is 121 Å². The lowest BCUT2D eigenvalue weighted by Crippen LogP contribution is -1.92. The summed E-state index contributed by atoms with van der Waals surface area (Å²) in [6.07, 6.45) is 0. The van der Waals surface area contributed by atoms with E-state index in [9.17, 15) is 5.26 Å². The minimum atomic E-state index is 0.357. The first kappa shape index (κ1) is 12.5. The quantitative estimate of drug-likeness (QED) is 0.685. The van der Waals surface area contributed by atoms with Gasteiger partial charge in [0.15, 0.2) is 0 Å². The van der Waals surface area contributed by atoms with Crippen molar-refractivity contribution in [2.45, 2.75) is 0 Å². The molecule has 0 unspecified atom stereocenters. The highest BCUT2D eigenvalue weighted by molar-refractivity contribution is 6.33. The number of rotatable bonds is 1. The molecule has 0 saturated heterocycles. The third-order valence-electron chi connectivity index (χ3n) is 3.11. The van der Waals surface area contributed by atoms with Gasteiger partial charge >= 0.3 is 0 Å². The number of halogens is 1. The van der Waals surface area contributed by atoms with Crippen LogP contribution >= 0.6 is 11.6 Å². The molecule has 3 rings (SSSR count). The predicted octanol–water partition coefficient (Wildman–Crippen LogP) is 4.01. The van der Waals surface area contributed by atoms with Gasteiger partial charge in [0.1, 0.15) is 11.8 Å². The Bertz CT molecular complexity index is 850. The second-order valence-electron chi connectivity index (χ2n) is 4.43. The Hall–Kier alpha value is -2.57. The molecular formula is C16H10ClN3. The molecule has 1 heterocycles. The van der Waals surface area contributed by atoms with Gasteiger partial charge in [-0.15, -0.1) is 0 Å². The summed E-state index contributed by atoms with van der Waals surface area (Å²) in [4.78, 5) is 4.38. The molecule has 0 bridgehead atoms. The molecular weight excluding hydrogens is 270 g/mol. The van der Waals surface area contributed by atoms with Gasteiger partial charge in [-0.05, 0) is 24.3 Å². The SMILES string of the molecule is N#Cc1nc2ccccc2cc1-c1ccc(N)cc1Cl. The second kappa shape index (κ2) is 4.84. The van der Waals surface area contributed by atoms with Crippen molar-refractivity contribution in [3.8, 4) is 17.2 Å². The van der Waals surface area contributed by atoms with Crippen LogP contribution in [-0.2, 0) is 0 Å². The second-order valence-corrected chi connectivity index (χ2v) is 4.84. The smallest absolute Gasteiger partial charge is 0.149 e. The third kappa shape index (κ3) is 2.07. The van der Waals surface area contributed by atoms with Gasteiger partial charge in [-0.3, -0.25) is 0 Å². The van der Waals surface area contributed by atoms with Crippen LogP contribution in [0.1, 0.15) is 5.69 Å². The van der Waals surface area contributed by atoms with E-state index in [1.54, 1.807) is 12.1 Å². The topological polar surface area (TPSA) is 62.7 Å². The Kier molecular flexibility index (Phi) is 3.02. The first-order valence-electron chi connectivity index (χ1n) is 6.04. The Morgan fingerprint density at radius 2 is 1.85 bits per heavy atom. The zero-order chi connectivity index (χ0) is 14.1. The molecule has 1 aromatic heterocycles. The molecule has 0 atom stereocenters. The van der Waals surface area contributed by atoms with Crippen LogP contribution in [0.3, 0.4) is 0 Å². The molecule has 2 N–H and O–H groups in total. The van der Waals surface area contributed by atoms with Gasteiger partial charge in [0.25, 0.3) is 0 Å². The van der Waals surface area contributed by atoms with Crippen LogP contribution in [0.5, 0.6) is 0 Å². The third-order valence-corrected chi connectivity index (χ3v) is 3.43. The molecule has 96 valence electrons. The number of nitriles is 1. The zero-order valence-electron chi connectivity index (χ0n) is 10.5. The van der Waals surface area contributed by atoms with Crippen molar-refractivity contribution in [1.29, 1.82) is 5.26 Å². The van der Waals surface area contributed by atoms with E-state index in [1.807, 2.05) is 36.4 Å². The van der Waals surface area contributed by atoms with Crippen molar-refractivity contribution in [3.63, 3.8) is 0 Å². The first-order valence-corrected chi connectivity index (χ1v) is 6.42. The van der Waals surface area contributed by atoms with E-state index >= 15 is 0 Å². The van der Waals surface area contributed by atoms with Crippen molar-refractivity contribution in [2.24, 2.45) is 0 Å². The van der Waals surface area contributed by atoms with E-state index in [0.29, 0.717) is 16.4 Å². The number of hydrogen-bond acceptors (Lipinski definition) is 3. The lowest BCUT2D eigenvalue weighted by Gasteiger charge is -2.08. The summed E-state index contributed by atoms with van der Waals surface area (Å²) in [7, 11) is 0. The van der Waals surface area contributed by atoms with Gasteiger partial charge in [0, 0.05) is 22.2 Å². The van der Waals surface area contributed by atoms with E-state index in [2.05, 4.69) is 11.1 Å². The van der Waals surface area contributed by atoms with Gasteiger partial charge in [-0.1, -0.05) is 35.9 Å². The molecule has 0 saturated carbocycles. The first-order chi connectivity index (χ1) is 9.69. The fourth-order valence-corrected chi connectivity index (χ4v) is 2.45. The summed E-state index contributed by atoms with van der Waals surface area (Å²) >= 11 is 6.23. The van der Waals surface area contributed by atoms with Crippen LogP contribution in [0.25, 0.3) is 22.0 Å². The maximum Gasteiger partial charge on any atom is 0.149 e. The summed E-state index contributed by atoms with van der Waals surface area (Å²) in [6.45, 7) is 0. The number of pyridine rings is 1. The number of nitrogen functional groups attached to an aromatic ring is 1. The summed E-state index contributed by atoms with van der Waals surface area (Å²) in [6, 6.07) is 17.0. The van der Waals surface area contributed by atoms with Crippen molar-refractivity contribution in [3.05, 3.63) is 59.2 Å². The van der Waals surface area contributed by atoms with Crippen molar-refractivity contribution in [1.82, 2.24) is 4.98 Å². The van der Waals surface area contributed by atoms with Crippen molar-refractivity contribution < 1.29 is 0 Å². The number of nitrogens with zero attached hydrogens (tertiary/aromatic N) is 2. The maximum absolute atomic E-state index is 9.30. The van der Waals surface area contributed by atoms with Crippen LogP contribution in [0.15, 0.2) is 48.5 Å². The standard InChI is InChI=1S/C16H10ClN3/c17-14-8-11(19)5-6-12(14)13-7-10-3-1-2-4-15(10)20-16(13)9-18/h1-8H,19H2. The van der Waals surface area contributed by atoms with Crippen molar-refractivity contribution in [2.75, 3.05) is 5.73 Å². The van der Waals surface area contributed by atoms with Gasteiger partial charge in [-0.25, -0.2) is 4.98 Å². The lowest BCUT2D eigenvalue weighted by atomic mass is 10.0. The van der Waals surface area contributed by atoms with Crippen LogP contribution in [0.2, 0.25) is 5.02 Å². The number of anilines is 1. The zero-order valence-corrected chi connectivity index (χ0v) is 11.2. The largest absolute Gasteiger partial charge is 0.399 e. The average Bonchev–Trinajstić information content (AvgIpc) is 2.46. The van der Waals surface area contributed by atoms with Gasteiger partial charge < -0.3 is 5.73 Å². The van der Waals surface area contributed by atoms with E-state index in [0.717, 1.165) is 22.0 Å². The van der Waals surface area contributed by atoms with Crippen LogP contribution < -0.4 is 5.73 Å². The van der Waals surface area contributed by atoms with E-state index in [-0.39, 0.29) is 0 Å². The number of nitrogens with two attached hydrogens (primary N) is 1. The van der Waals surface area contributed by atoms with Gasteiger partial charge in [0.2, 0.25) is 0 Å². The summed E-state index contributed by atoms with van der Waals surface area (Å²) in [5.41, 5.74) is 8.92. The minimum Gasteiger partial charge on any atom is -0.399 e. The molecule has 0 radical (unpaired) electrons. The highest BCUT2D eigenvalue weighted by atomic mass is 35.5. The van der Waals surface area contributed by atoms with E-state index < -0.39 is 0 Å². The van der Waals surface area contributed by atoms with Gasteiger partial charge in [0.05, 0.1) is 10.5 Å². The van der Waals surface area contributed by atoms with E-state index in [4.69, 9.17) is 17.3 Å². The van der Waals surface area contributed by atoms with Crippen molar-refractivity contribution >= 4 is 28.2 Å². The highest BCUT2D eigenvalue weighted by Crippen LogP contribution is 2.32. The summed E-state index contributed by atoms with van der Waals surface area (Å²) in [5.74, 6) is 0. The number of fused-ring (bicyclic) bond motifs is 1. The monoisotopic (exact) mass is 279 g/mol. The predicted molar refractivity (Wildman–Crippen MR) is 81.3 cm³/mol. The number of para-hydroxylation sites is 1. The molecule has 0 aliphatic rings. The average molecular weight is 280 g/mol. The Balaban J connectivity index is 2.32. The molecule has 3 aromatic rings. The Morgan fingerprint density at radius 1 is 1.05 bits per heavy atom. The molecule has 0 aliphatic carbocycles. The molecule has 2 aromatic carbocycles. The molecule has 0 aliphatic heterocycles. The molecule has 3 nitrogen and oxygen atoms in total. The molecule has 0 fully saturated rings. The van der Waals surface area contributed by atoms with E-state index in [1.165, 1.54) is 0 Å². The maximum atomic E-state index is 9.30. The molecule has 0 spiro atoms. The fourth-order valence-electron chi connectivity index (χ4n) is 2.16. The van der Waals surface area contributed by atoms with Crippen LogP contribution in [0, 0.1) is 11.3 Å². The van der Waals surface area contributed by atoms with Crippen LogP contribution in [-0.4, -0.2) is 4.98 Å². The minimum absolute atomic E-state index is 0.357. The molecule has 4 heteroatoms. The number of aromatic nitrogens is 1. The molecule has 20 heavy (non-hydrogen) atoms. The summed E-state index contributed by atoms with van der Waals surface area (Å²) in [5, 5.41) is 10.8. The molecule has 0 amide bonds. The fraction of sp³-hybridized carbons (Fsp3) is 0. The van der Waals surface area contributed by atoms with Crippen LogP contribution in [0.4, 0.5) is 5.69 Å². The normalized spacial score (nSPS) is 10.4. The number of benzene rings is 2. The summed E-state index contributed by atoms with van der Waals surface area (Å²) < 4.78 is 0.